The lowest BCUT2D eigenvalue weighted by molar-refractivity contribution is 0.285. The normalized spacial score (nSPS) is 10.8. The van der Waals surface area contributed by atoms with Gasteiger partial charge in [-0.2, -0.15) is 5.10 Å². The van der Waals surface area contributed by atoms with Gasteiger partial charge in [-0.15, -0.1) is 0 Å². The van der Waals surface area contributed by atoms with Crippen LogP contribution in [0, 0.1) is 5.82 Å². The van der Waals surface area contributed by atoms with Crippen molar-refractivity contribution in [1.29, 1.82) is 0 Å². The molecule has 0 unspecified atom stereocenters. The Hall–Kier alpha value is -1.95. The fraction of sp³-hybridized carbons (Fsp3) is 0.467. The molecule has 1 aromatic carbocycles. The predicted octanol–water partition coefficient (Wildman–Crippen LogP) is 2.52. The molecule has 1 aromatic heterocycles. The van der Waals surface area contributed by atoms with Crippen LogP contribution in [0.1, 0.15) is 31.7 Å². The van der Waals surface area contributed by atoms with E-state index < -0.39 is 0 Å². The van der Waals surface area contributed by atoms with Crippen LogP contribution in [0.3, 0.4) is 0 Å². The molecule has 0 bridgehead atoms. The lowest BCUT2D eigenvalue weighted by atomic mass is 10.2. The Bertz CT molecular complexity index is 571. The standard InChI is InChI=1S/C15H21FN4O/c1-3-5-17-9-12-6-13(16)8-14(7-12)21-10-15-18-11-19-20(15)4-2/h6-8,11,17H,3-5,9-10H2,1-2H3. The number of halogens is 1. The third kappa shape index (κ3) is 4.53. The predicted molar refractivity (Wildman–Crippen MR) is 78.4 cm³/mol. The summed E-state index contributed by atoms with van der Waals surface area (Å²) in [6.45, 7) is 6.63. The summed E-state index contributed by atoms with van der Waals surface area (Å²) in [5.74, 6) is 0.944. The van der Waals surface area contributed by atoms with Crippen molar-refractivity contribution in [3.05, 3.63) is 41.7 Å². The highest BCUT2D eigenvalue weighted by atomic mass is 19.1. The molecule has 0 spiro atoms. The summed E-state index contributed by atoms with van der Waals surface area (Å²) >= 11 is 0. The van der Waals surface area contributed by atoms with Gasteiger partial charge in [0.25, 0.3) is 0 Å². The molecule has 0 saturated heterocycles. The molecule has 21 heavy (non-hydrogen) atoms. The molecule has 6 heteroatoms. The van der Waals surface area contributed by atoms with E-state index in [-0.39, 0.29) is 12.4 Å². The molecule has 2 rings (SSSR count). The smallest absolute Gasteiger partial charge is 0.164 e. The fourth-order valence-electron chi connectivity index (χ4n) is 2.03. The molecule has 0 saturated carbocycles. The maximum atomic E-state index is 13.6. The van der Waals surface area contributed by atoms with Crippen LogP contribution in [0.4, 0.5) is 4.39 Å². The molecule has 0 aliphatic heterocycles. The lowest BCUT2D eigenvalue weighted by Crippen LogP contribution is -2.14. The highest BCUT2D eigenvalue weighted by molar-refractivity contribution is 5.29. The molecule has 0 fully saturated rings. The first-order valence-electron chi connectivity index (χ1n) is 7.22. The molecular weight excluding hydrogens is 271 g/mol. The van der Waals surface area contributed by atoms with Crippen molar-refractivity contribution < 1.29 is 9.13 Å². The first kappa shape index (κ1) is 15.4. The van der Waals surface area contributed by atoms with Gasteiger partial charge < -0.3 is 10.1 Å². The minimum absolute atomic E-state index is 0.277. The summed E-state index contributed by atoms with van der Waals surface area (Å²) in [6, 6.07) is 4.75. The zero-order chi connectivity index (χ0) is 15.1. The number of benzene rings is 1. The minimum atomic E-state index is -0.294. The van der Waals surface area contributed by atoms with Gasteiger partial charge in [0, 0.05) is 19.2 Å². The van der Waals surface area contributed by atoms with Crippen LogP contribution in [0.2, 0.25) is 0 Å². The van der Waals surface area contributed by atoms with Crippen molar-refractivity contribution in [2.75, 3.05) is 6.54 Å². The first-order valence-corrected chi connectivity index (χ1v) is 7.22. The molecule has 5 nitrogen and oxygen atoms in total. The largest absolute Gasteiger partial charge is 0.486 e. The summed E-state index contributed by atoms with van der Waals surface area (Å²) < 4.78 is 21.0. The van der Waals surface area contributed by atoms with E-state index in [0.717, 1.165) is 30.9 Å². The molecule has 0 amide bonds. The molecule has 114 valence electrons. The Morgan fingerprint density at radius 2 is 2.14 bits per heavy atom. The number of hydrogen-bond acceptors (Lipinski definition) is 4. The first-order chi connectivity index (χ1) is 10.2. The number of aromatic nitrogens is 3. The molecule has 2 aromatic rings. The lowest BCUT2D eigenvalue weighted by Gasteiger charge is -2.09. The highest BCUT2D eigenvalue weighted by Crippen LogP contribution is 2.17. The van der Waals surface area contributed by atoms with Gasteiger partial charge in [-0.05, 0) is 37.6 Å². The quantitative estimate of drug-likeness (QED) is 0.760. The third-order valence-corrected chi connectivity index (χ3v) is 3.05. The molecule has 0 aliphatic rings. The second-order valence-corrected chi connectivity index (χ2v) is 4.75. The molecule has 0 atom stereocenters. The number of aryl methyl sites for hydroxylation is 1. The number of nitrogens with zero attached hydrogens (tertiary/aromatic N) is 3. The summed E-state index contributed by atoms with van der Waals surface area (Å²) in [5.41, 5.74) is 0.871. The van der Waals surface area contributed by atoms with Gasteiger partial charge in [-0.1, -0.05) is 6.92 Å². The number of hydrogen-bond donors (Lipinski definition) is 1. The van der Waals surface area contributed by atoms with Crippen LogP contribution in [-0.2, 0) is 19.7 Å². The summed E-state index contributed by atoms with van der Waals surface area (Å²) in [4.78, 5) is 4.13. The van der Waals surface area contributed by atoms with Gasteiger partial charge in [0.2, 0.25) is 0 Å². The monoisotopic (exact) mass is 292 g/mol. The maximum absolute atomic E-state index is 13.6. The van der Waals surface area contributed by atoms with E-state index in [2.05, 4.69) is 22.3 Å². The van der Waals surface area contributed by atoms with E-state index >= 15 is 0 Å². The molecule has 0 aliphatic carbocycles. The van der Waals surface area contributed by atoms with Gasteiger partial charge in [-0.3, -0.25) is 0 Å². The van der Waals surface area contributed by atoms with Crippen molar-refractivity contribution in [2.24, 2.45) is 0 Å². The van der Waals surface area contributed by atoms with Crippen LogP contribution < -0.4 is 10.1 Å². The Morgan fingerprint density at radius 1 is 1.29 bits per heavy atom. The fourth-order valence-corrected chi connectivity index (χ4v) is 2.03. The number of rotatable bonds is 8. The van der Waals surface area contributed by atoms with Gasteiger partial charge >= 0.3 is 0 Å². The topological polar surface area (TPSA) is 52.0 Å². The van der Waals surface area contributed by atoms with Crippen molar-refractivity contribution in [3.63, 3.8) is 0 Å². The van der Waals surface area contributed by atoms with Gasteiger partial charge in [-0.25, -0.2) is 14.1 Å². The Morgan fingerprint density at radius 3 is 2.90 bits per heavy atom. The maximum Gasteiger partial charge on any atom is 0.164 e. The zero-order valence-electron chi connectivity index (χ0n) is 12.5. The van der Waals surface area contributed by atoms with E-state index in [9.17, 15) is 4.39 Å². The summed E-state index contributed by atoms with van der Waals surface area (Å²) in [6.07, 6.45) is 2.54. The summed E-state index contributed by atoms with van der Waals surface area (Å²) in [7, 11) is 0. The van der Waals surface area contributed by atoms with Crippen LogP contribution >= 0.6 is 0 Å². The highest BCUT2D eigenvalue weighted by Gasteiger charge is 2.06. The van der Waals surface area contributed by atoms with Gasteiger partial charge in [0.15, 0.2) is 5.82 Å². The van der Waals surface area contributed by atoms with Crippen molar-refractivity contribution in [2.45, 2.75) is 40.0 Å². The number of ether oxygens (including phenoxy) is 1. The molecular formula is C15H21FN4O. The molecule has 1 heterocycles. The zero-order valence-corrected chi connectivity index (χ0v) is 12.5. The Kier molecular flexibility index (Phi) is 5.68. The SMILES string of the molecule is CCCNCc1cc(F)cc(OCc2ncnn2CC)c1. The average molecular weight is 292 g/mol. The van der Waals surface area contributed by atoms with E-state index in [0.29, 0.717) is 12.3 Å². The number of nitrogens with one attached hydrogen (secondary N) is 1. The Balaban J connectivity index is 1.99. The van der Waals surface area contributed by atoms with E-state index in [1.807, 2.05) is 13.0 Å². The van der Waals surface area contributed by atoms with E-state index in [4.69, 9.17) is 4.74 Å². The van der Waals surface area contributed by atoms with Gasteiger partial charge in [0.05, 0.1) is 0 Å². The van der Waals surface area contributed by atoms with Crippen LogP contribution in [0.15, 0.2) is 24.5 Å². The van der Waals surface area contributed by atoms with E-state index in [1.54, 1.807) is 4.68 Å². The van der Waals surface area contributed by atoms with Crippen LogP contribution in [0.5, 0.6) is 5.75 Å². The van der Waals surface area contributed by atoms with Crippen LogP contribution in [-0.4, -0.2) is 21.3 Å². The van der Waals surface area contributed by atoms with Crippen molar-refractivity contribution in [1.82, 2.24) is 20.1 Å². The third-order valence-electron chi connectivity index (χ3n) is 3.05. The minimum Gasteiger partial charge on any atom is -0.486 e. The van der Waals surface area contributed by atoms with Crippen molar-refractivity contribution in [3.8, 4) is 5.75 Å². The summed E-state index contributed by atoms with van der Waals surface area (Å²) in [5, 5.41) is 7.32. The van der Waals surface area contributed by atoms with Gasteiger partial charge in [0.1, 0.15) is 24.5 Å². The molecule has 0 radical (unpaired) electrons. The van der Waals surface area contributed by atoms with E-state index in [1.165, 1.54) is 18.5 Å². The Labute approximate surface area is 124 Å². The molecule has 1 N–H and O–H groups in total. The van der Waals surface area contributed by atoms with Crippen LogP contribution in [0.25, 0.3) is 0 Å². The van der Waals surface area contributed by atoms with Crippen molar-refractivity contribution >= 4 is 0 Å². The second-order valence-electron chi connectivity index (χ2n) is 4.75. The second kappa shape index (κ2) is 7.73. The average Bonchev–Trinajstić information content (AvgIpc) is 2.92.